The average Bonchev–Trinajstić information content (AvgIpc) is 2.79. The lowest BCUT2D eigenvalue weighted by atomic mass is 9.83. The number of carbonyl (C=O) groups is 2. The average molecular weight is 503 g/mol. The highest BCUT2D eigenvalue weighted by molar-refractivity contribution is 6.25. The first-order valence-corrected chi connectivity index (χ1v) is 12.4. The Balaban J connectivity index is 2.05. The number of hydrogen-bond acceptors (Lipinski definition) is 6. The Hall–Kier alpha value is -1.38. The monoisotopic (exact) mass is 502 g/mol. The third kappa shape index (κ3) is 8.72. The number of ether oxygens (including phenoxy) is 2. The van der Waals surface area contributed by atoms with Crippen LogP contribution < -0.4 is 11.1 Å². The van der Waals surface area contributed by atoms with Crippen LogP contribution >= 0.6 is 23.2 Å². The summed E-state index contributed by atoms with van der Waals surface area (Å²) < 4.78 is 11.2. The Bertz CT molecular complexity index is 737. The number of aliphatic hydroxyl groups is 1. The normalized spacial score (nSPS) is 26.1. The molecule has 0 saturated heterocycles. The molecule has 2 rings (SSSR count). The minimum Gasteiger partial charge on any atom is -0.464 e. The molecule has 9 heteroatoms. The van der Waals surface area contributed by atoms with Crippen LogP contribution in [-0.4, -0.2) is 65.7 Å². The number of amides is 1. The third-order valence-electron chi connectivity index (χ3n) is 5.58. The molecule has 6 atom stereocenters. The molecular formula is C24H36Cl2N2O5. The second kappa shape index (κ2) is 14.1. The molecule has 1 aromatic rings. The highest BCUT2D eigenvalue weighted by atomic mass is 35.5. The molecule has 0 radical (unpaired) electrons. The van der Waals surface area contributed by atoms with Crippen molar-refractivity contribution in [1.82, 2.24) is 5.32 Å². The van der Waals surface area contributed by atoms with Crippen molar-refractivity contribution in [2.45, 2.75) is 68.5 Å². The number of esters is 1. The van der Waals surface area contributed by atoms with E-state index in [4.69, 9.17) is 38.4 Å². The minimum atomic E-state index is -1.16. The van der Waals surface area contributed by atoms with Crippen LogP contribution in [0.5, 0.6) is 0 Å². The number of halogens is 2. The van der Waals surface area contributed by atoms with Gasteiger partial charge in [-0.25, -0.2) is 4.79 Å². The van der Waals surface area contributed by atoms with E-state index in [2.05, 4.69) is 5.32 Å². The van der Waals surface area contributed by atoms with Crippen molar-refractivity contribution >= 4 is 35.1 Å². The number of hydrogen-bond donors (Lipinski definition) is 3. The van der Waals surface area contributed by atoms with Crippen LogP contribution in [0.1, 0.15) is 38.7 Å². The molecule has 5 unspecified atom stereocenters. The molecule has 0 heterocycles. The van der Waals surface area contributed by atoms with Crippen molar-refractivity contribution < 1.29 is 24.2 Å². The van der Waals surface area contributed by atoms with Gasteiger partial charge in [-0.05, 0) is 37.3 Å². The highest BCUT2D eigenvalue weighted by Crippen LogP contribution is 2.34. The SMILES string of the molecule is CC(C)COC(=O)[C@H](Cc1ccccc1)NC(=O)C1CC(Cl)C(OCCCCN)C(Cl)C1O. The van der Waals surface area contributed by atoms with E-state index in [0.717, 1.165) is 18.4 Å². The fourth-order valence-electron chi connectivity index (χ4n) is 3.73. The summed E-state index contributed by atoms with van der Waals surface area (Å²) in [5.41, 5.74) is 6.37. The lowest BCUT2D eigenvalue weighted by Crippen LogP contribution is -2.56. The van der Waals surface area contributed by atoms with Crippen molar-refractivity contribution in [2.24, 2.45) is 17.6 Å². The standard InChI is InChI=1S/C24H36Cl2N2O5/c1-15(2)14-33-24(31)19(12-16-8-4-3-5-9-16)28-23(30)17-13-18(25)22(20(26)21(17)29)32-11-7-6-10-27/h3-5,8-9,15,17-22,29H,6-7,10-14,27H2,1-2H3,(H,28,30)/t17?,18?,19-,20?,21?,22?/m0/s1. The molecule has 1 aliphatic carbocycles. The van der Waals surface area contributed by atoms with E-state index in [1.807, 2.05) is 44.2 Å². The molecule has 1 amide bonds. The number of nitrogens with one attached hydrogen (secondary N) is 1. The van der Waals surface area contributed by atoms with Gasteiger partial charge in [0.25, 0.3) is 0 Å². The summed E-state index contributed by atoms with van der Waals surface area (Å²) in [4.78, 5) is 25.8. The van der Waals surface area contributed by atoms with Crippen molar-refractivity contribution in [3.05, 3.63) is 35.9 Å². The fraction of sp³-hybridized carbons (Fsp3) is 0.667. The van der Waals surface area contributed by atoms with E-state index < -0.39 is 46.8 Å². The van der Waals surface area contributed by atoms with E-state index in [9.17, 15) is 14.7 Å². The van der Waals surface area contributed by atoms with Crippen LogP contribution in [-0.2, 0) is 25.5 Å². The second-order valence-electron chi connectivity index (χ2n) is 8.90. The topological polar surface area (TPSA) is 111 Å². The van der Waals surface area contributed by atoms with E-state index in [1.54, 1.807) is 0 Å². The highest BCUT2D eigenvalue weighted by Gasteiger charge is 2.46. The van der Waals surface area contributed by atoms with Crippen LogP contribution in [0, 0.1) is 11.8 Å². The maximum atomic E-state index is 13.1. The molecule has 1 aliphatic rings. The summed E-state index contributed by atoms with van der Waals surface area (Å²) >= 11 is 12.9. The smallest absolute Gasteiger partial charge is 0.328 e. The van der Waals surface area contributed by atoms with Gasteiger partial charge >= 0.3 is 5.97 Å². The van der Waals surface area contributed by atoms with Gasteiger partial charge in [0, 0.05) is 13.0 Å². The number of aliphatic hydroxyl groups excluding tert-OH is 1. The van der Waals surface area contributed by atoms with Crippen molar-refractivity contribution in [3.8, 4) is 0 Å². The summed E-state index contributed by atoms with van der Waals surface area (Å²) in [6, 6.07) is 8.47. The third-order valence-corrected chi connectivity index (χ3v) is 6.51. The minimum absolute atomic E-state index is 0.165. The lowest BCUT2D eigenvalue weighted by molar-refractivity contribution is -0.150. The number of unbranched alkanes of at least 4 members (excludes halogenated alkanes) is 1. The molecule has 1 saturated carbocycles. The first-order chi connectivity index (χ1) is 15.7. The van der Waals surface area contributed by atoms with Crippen LogP contribution in [0.3, 0.4) is 0 Å². The van der Waals surface area contributed by atoms with Crippen LogP contribution in [0.15, 0.2) is 30.3 Å². The van der Waals surface area contributed by atoms with Crippen molar-refractivity contribution in [3.63, 3.8) is 0 Å². The number of benzene rings is 1. The van der Waals surface area contributed by atoms with Gasteiger partial charge in [-0.2, -0.15) is 0 Å². The molecule has 0 spiro atoms. The van der Waals surface area contributed by atoms with Gasteiger partial charge < -0.3 is 25.6 Å². The molecule has 0 aliphatic heterocycles. The zero-order valence-corrected chi connectivity index (χ0v) is 20.8. The predicted octanol–water partition coefficient (Wildman–Crippen LogP) is 2.63. The van der Waals surface area contributed by atoms with Gasteiger partial charge in [0.2, 0.25) is 5.91 Å². The Labute approximate surface area is 206 Å². The summed E-state index contributed by atoms with van der Waals surface area (Å²) in [6.07, 6.45) is 0.286. The molecule has 0 bridgehead atoms. The first kappa shape index (κ1) is 27.9. The zero-order valence-electron chi connectivity index (χ0n) is 19.3. The first-order valence-electron chi connectivity index (χ1n) is 11.5. The molecule has 186 valence electrons. The molecular weight excluding hydrogens is 467 g/mol. The molecule has 1 aromatic carbocycles. The summed E-state index contributed by atoms with van der Waals surface area (Å²) in [5.74, 6) is -1.70. The summed E-state index contributed by atoms with van der Waals surface area (Å²) in [6.45, 7) is 5.12. The van der Waals surface area contributed by atoms with Crippen LogP contribution in [0.25, 0.3) is 0 Å². The Kier molecular flexibility index (Phi) is 11.9. The molecule has 7 nitrogen and oxygen atoms in total. The largest absolute Gasteiger partial charge is 0.464 e. The van der Waals surface area contributed by atoms with Gasteiger partial charge in [0.05, 0.1) is 35.5 Å². The lowest BCUT2D eigenvalue weighted by Gasteiger charge is -2.39. The van der Waals surface area contributed by atoms with Gasteiger partial charge in [-0.3, -0.25) is 4.79 Å². The van der Waals surface area contributed by atoms with Crippen molar-refractivity contribution in [2.75, 3.05) is 19.8 Å². The Morgan fingerprint density at radius 1 is 1.21 bits per heavy atom. The van der Waals surface area contributed by atoms with Crippen LogP contribution in [0.4, 0.5) is 0 Å². The quantitative estimate of drug-likeness (QED) is 0.230. The number of nitrogens with two attached hydrogens (primary N) is 1. The fourth-order valence-corrected chi connectivity index (χ4v) is 4.65. The summed E-state index contributed by atoms with van der Waals surface area (Å²) in [5, 5.41) is 12.1. The number of rotatable bonds is 12. The van der Waals surface area contributed by atoms with Gasteiger partial charge in [0.1, 0.15) is 6.04 Å². The van der Waals surface area contributed by atoms with Gasteiger partial charge in [-0.1, -0.05) is 44.2 Å². The number of carbonyl (C=O) groups excluding carboxylic acids is 2. The van der Waals surface area contributed by atoms with E-state index >= 15 is 0 Å². The van der Waals surface area contributed by atoms with Crippen molar-refractivity contribution in [1.29, 1.82) is 0 Å². The molecule has 4 N–H and O–H groups in total. The van der Waals surface area contributed by atoms with Gasteiger partial charge in [0.15, 0.2) is 0 Å². The predicted molar refractivity (Wildman–Crippen MR) is 129 cm³/mol. The van der Waals surface area contributed by atoms with E-state index in [1.165, 1.54) is 0 Å². The Morgan fingerprint density at radius 3 is 2.55 bits per heavy atom. The Morgan fingerprint density at radius 2 is 1.91 bits per heavy atom. The van der Waals surface area contributed by atoms with E-state index in [0.29, 0.717) is 13.2 Å². The number of alkyl halides is 2. The van der Waals surface area contributed by atoms with Gasteiger partial charge in [-0.15, -0.1) is 23.2 Å². The second-order valence-corrected chi connectivity index (χ2v) is 9.96. The van der Waals surface area contributed by atoms with E-state index in [-0.39, 0.29) is 25.4 Å². The zero-order chi connectivity index (χ0) is 24.4. The maximum absolute atomic E-state index is 13.1. The summed E-state index contributed by atoms with van der Waals surface area (Å²) in [7, 11) is 0. The molecule has 1 fully saturated rings. The molecule has 33 heavy (non-hydrogen) atoms. The van der Waals surface area contributed by atoms with Crippen LogP contribution in [0.2, 0.25) is 0 Å². The molecule has 0 aromatic heterocycles. The maximum Gasteiger partial charge on any atom is 0.328 e.